The Balaban J connectivity index is 1.20. The molecule has 272 valence electrons. The molecule has 11 atom stereocenters. The van der Waals surface area contributed by atoms with E-state index >= 15 is 0 Å². The minimum absolute atomic E-state index is 0.0994. The van der Waals surface area contributed by atoms with Crippen LogP contribution in [0.2, 0.25) is 0 Å². The lowest BCUT2D eigenvalue weighted by Gasteiger charge is -2.44. The first-order chi connectivity index (χ1) is 23.8. The second-order valence-electron chi connectivity index (χ2n) is 12.4. The van der Waals surface area contributed by atoms with Gasteiger partial charge in [-0.1, -0.05) is 48.5 Å². The van der Waals surface area contributed by atoms with Crippen LogP contribution in [-0.2, 0) is 33.3 Å². The van der Waals surface area contributed by atoms with Gasteiger partial charge in [-0.2, -0.15) is 0 Å². The molecule has 3 amide bonds. The van der Waals surface area contributed by atoms with Gasteiger partial charge in [-0.15, -0.1) is 0 Å². The SMILES string of the molecule is CC(=O)NC1C(NC(=O)CC(NC(=O)OCC2c3ccccc3-c3ccccc32)C(=O)O)OC(COC2OC(C)C(O)C(O)C2O)C(O)C1O. The summed E-state index contributed by atoms with van der Waals surface area (Å²) in [6, 6.07) is 12.1. The van der Waals surface area contributed by atoms with E-state index in [-0.39, 0.29) is 12.5 Å². The lowest BCUT2D eigenvalue weighted by molar-refractivity contribution is -0.305. The highest BCUT2D eigenvalue weighted by molar-refractivity contribution is 5.87. The highest BCUT2D eigenvalue weighted by atomic mass is 16.7. The molecule has 0 spiro atoms. The number of carboxylic acid groups (broad SMARTS) is 1. The zero-order valence-corrected chi connectivity index (χ0v) is 27.1. The first-order valence-corrected chi connectivity index (χ1v) is 16.0. The Kier molecular flexibility index (Phi) is 11.7. The highest BCUT2D eigenvalue weighted by Crippen LogP contribution is 2.44. The molecule has 2 aliphatic heterocycles. The number of amides is 3. The summed E-state index contributed by atoms with van der Waals surface area (Å²) >= 11 is 0. The number of aliphatic hydroxyl groups is 5. The molecule has 2 saturated heterocycles. The van der Waals surface area contributed by atoms with Gasteiger partial charge in [0, 0.05) is 12.8 Å². The first-order valence-electron chi connectivity index (χ1n) is 16.0. The van der Waals surface area contributed by atoms with Crippen LogP contribution >= 0.6 is 0 Å². The van der Waals surface area contributed by atoms with Gasteiger partial charge in [0.1, 0.15) is 55.3 Å². The average Bonchev–Trinajstić information content (AvgIpc) is 3.40. The molecule has 2 aromatic rings. The summed E-state index contributed by atoms with van der Waals surface area (Å²) in [7, 11) is 0. The summed E-state index contributed by atoms with van der Waals surface area (Å²) in [5.74, 6) is -3.47. The quantitative estimate of drug-likeness (QED) is 0.126. The summed E-state index contributed by atoms with van der Waals surface area (Å²) in [6.07, 6.45) is -15.3. The predicted molar refractivity (Wildman–Crippen MR) is 169 cm³/mol. The monoisotopic (exact) mass is 703 g/mol. The van der Waals surface area contributed by atoms with Crippen LogP contribution in [0.4, 0.5) is 4.79 Å². The number of ether oxygens (including phenoxy) is 4. The van der Waals surface area contributed by atoms with E-state index in [4.69, 9.17) is 18.9 Å². The Bertz CT molecular complexity index is 1510. The van der Waals surface area contributed by atoms with Crippen molar-refractivity contribution >= 4 is 23.9 Å². The molecule has 0 aromatic heterocycles. The van der Waals surface area contributed by atoms with E-state index in [2.05, 4.69) is 16.0 Å². The number of benzene rings is 2. The van der Waals surface area contributed by atoms with Crippen molar-refractivity contribution in [2.45, 2.75) is 93.5 Å². The van der Waals surface area contributed by atoms with E-state index in [0.717, 1.165) is 29.2 Å². The molecule has 0 bridgehead atoms. The number of aliphatic hydroxyl groups excluding tert-OH is 5. The average molecular weight is 704 g/mol. The topological polar surface area (TPSA) is 263 Å². The Morgan fingerprint density at radius 1 is 0.800 bits per heavy atom. The molecular weight excluding hydrogens is 662 g/mol. The second-order valence-corrected chi connectivity index (χ2v) is 12.4. The van der Waals surface area contributed by atoms with Crippen LogP contribution in [0.5, 0.6) is 0 Å². The molecule has 2 aromatic carbocycles. The molecule has 5 rings (SSSR count). The molecule has 50 heavy (non-hydrogen) atoms. The van der Waals surface area contributed by atoms with Crippen LogP contribution in [0.25, 0.3) is 11.1 Å². The van der Waals surface area contributed by atoms with Gasteiger partial charge in [-0.3, -0.25) is 9.59 Å². The molecule has 17 heteroatoms. The maximum atomic E-state index is 13.1. The van der Waals surface area contributed by atoms with Crippen molar-refractivity contribution in [3.05, 3.63) is 59.7 Å². The van der Waals surface area contributed by atoms with Gasteiger partial charge in [-0.05, 0) is 29.2 Å². The Morgan fingerprint density at radius 2 is 1.42 bits per heavy atom. The van der Waals surface area contributed by atoms with Crippen molar-refractivity contribution in [3.63, 3.8) is 0 Å². The highest BCUT2D eigenvalue weighted by Gasteiger charge is 2.48. The number of rotatable bonds is 11. The van der Waals surface area contributed by atoms with Gasteiger partial charge in [-0.25, -0.2) is 9.59 Å². The largest absolute Gasteiger partial charge is 0.480 e. The van der Waals surface area contributed by atoms with Crippen molar-refractivity contribution in [1.82, 2.24) is 16.0 Å². The molecule has 1 aliphatic carbocycles. The fraction of sp³-hybridized carbons (Fsp3) is 0.515. The van der Waals surface area contributed by atoms with Gasteiger partial charge in [0.15, 0.2) is 12.5 Å². The molecule has 0 saturated carbocycles. The zero-order chi connectivity index (χ0) is 36.3. The van der Waals surface area contributed by atoms with Crippen molar-refractivity contribution in [1.29, 1.82) is 0 Å². The zero-order valence-electron chi connectivity index (χ0n) is 27.1. The number of aliphatic carboxylic acids is 1. The van der Waals surface area contributed by atoms with Crippen LogP contribution in [0.1, 0.15) is 37.3 Å². The number of carbonyl (C=O) groups is 4. The molecule has 2 fully saturated rings. The Labute approximate surface area is 286 Å². The maximum absolute atomic E-state index is 13.1. The summed E-state index contributed by atoms with van der Waals surface area (Å²) in [5.41, 5.74) is 3.89. The number of nitrogens with one attached hydrogen (secondary N) is 3. The van der Waals surface area contributed by atoms with Gasteiger partial charge < -0.3 is 65.5 Å². The molecule has 2 heterocycles. The Morgan fingerprint density at radius 3 is 2.02 bits per heavy atom. The third kappa shape index (κ3) is 8.06. The number of hydrogen-bond acceptors (Lipinski definition) is 13. The van der Waals surface area contributed by atoms with E-state index in [1.54, 1.807) is 0 Å². The third-order valence-electron chi connectivity index (χ3n) is 8.98. The number of carbonyl (C=O) groups excluding carboxylic acids is 3. The third-order valence-corrected chi connectivity index (χ3v) is 8.98. The Hall–Kier alpha value is -4.20. The summed E-state index contributed by atoms with van der Waals surface area (Å²) in [4.78, 5) is 49.8. The fourth-order valence-electron chi connectivity index (χ4n) is 6.35. The standard InChI is InChI=1S/C33H41N3O14/c1-14-25(39)28(42)29(43)32(49-14)47-13-22-26(40)27(41)24(34-15(2)37)30(50-22)36-23(38)11-21(31(44)45)35-33(46)48-12-20-18-9-5-3-7-16(18)17-8-4-6-10-19(17)20/h3-10,14,20-22,24-30,32,39-43H,11-13H2,1-2H3,(H,34,37)(H,35,46)(H,36,38)(H,44,45). The summed E-state index contributed by atoms with van der Waals surface area (Å²) < 4.78 is 22.0. The van der Waals surface area contributed by atoms with Crippen molar-refractivity contribution < 1.29 is 68.8 Å². The second kappa shape index (κ2) is 15.8. The molecule has 3 aliphatic rings. The van der Waals surface area contributed by atoms with Gasteiger partial charge >= 0.3 is 12.1 Å². The minimum Gasteiger partial charge on any atom is -0.480 e. The van der Waals surface area contributed by atoms with E-state index in [9.17, 15) is 49.8 Å². The first kappa shape index (κ1) is 37.1. The van der Waals surface area contributed by atoms with Crippen molar-refractivity contribution in [3.8, 4) is 11.1 Å². The van der Waals surface area contributed by atoms with E-state index in [0.29, 0.717) is 0 Å². The van der Waals surface area contributed by atoms with E-state index in [1.807, 2.05) is 48.5 Å². The maximum Gasteiger partial charge on any atom is 0.407 e. The summed E-state index contributed by atoms with van der Waals surface area (Å²) in [6.45, 7) is 1.89. The van der Waals surface area contributed by atoms with Gasteiger partial charge in [0.25, 0.3) is 0 Å². The summed E-state index contributed by atoms with van der Waals surface area (Å²) in [5, 5.41) is 68.4. The number of fused-ring (bicyclic) bond motifs is 3. The van der Waals surface area contributed by atoms with Crippen molar-refractivity contribution in [2.75, 3.05) is 13.2 Å². The fourth-order valence-corrected chi connectivity index (χ4v) is 6.35. The molecule has 9 N–H and O–H groups in total. The molecule has 11 unspecified atom stereocenters. The number of carboxylic acids is 1. The molecule has 0 radical (unpaired) electrons. The lowest BCUT2D eigenvalue weighted by Crippen LogP contribution is -2.68. The van der Waals surface area contributed by atoms with E-state index < -0.39 is 104 Å². The van der Waals surface area contributed by atoms with Crippen LogP contribution in [-0.4, -0.2) is 135 Å². The number of alkyl carbamates (subject to hydrolysis) is 1. The minimum atomic E-state index is -1.75. The molecular formula is C33H41N3O14. The smallest absolute Gasteiger partial charge is 0.407 e. The van der Waals surface area contributed by atoms with Gasteiger partial charge in [0.05, 0.1) is 19.1 Å². The van der Waals surface area contributed by atoms with Gasteiger partial charge in [0.2, 0.25) is 11.8 Å². The van der Waals surface area contributed by atoms with Crippen LogP contribution in [0, 0.1) is 0 Å². The van der Waals surface area contributed by atoms with Crippen molar-refractivity contribution in [2.24, 2.45) is 0 Å². The van der Waals surface area contributed by atoms with Crippen LogP contribution in [0.15, 0.2) is 48.5 Å². The van der Waals surface area contributed by atoms with E-state index in [1.165, 1.54) is 6.92 Å². The molecule has 17 nitrogen and oxygen atoms in total. The van der Waals surface area contributed by atoms with Crippen LogP contribution in [0.3, 0.4) is 0 Å². The lowest BCUT2D eigenvalue weighted by atomic mass is 9.95. The number of hydrogen-bond donors (Lipinski definition) is 9. The predicted octanol–water partition coefficient (Wildman–Crippen LogP) is -1.72. The normalized spacial score (nSPS) is 31.1. The van der Waals surface area contributed by atoms with Crippen LogP contribution < -0.4 is 16.0 Å².